The van der Waals surface area contributed by atoms with E-state index in [4.69, 9.17) is 0 Å². The smallest absolute Gasteiger partial charge is 0.315 e. The third kappa shape index (κ3) is 1.73. The Morgan fingerprint density at radius 3 is 2.64 bits per heavy atom. The van der Waals surface area contributed by atoms with Crippen LogP contribution in [0.15, 0.2) is 0 Å². The molecule has 1 unspecified atom stereocenters. The van der Waals surface area contributed by atoms with Gasteiger partial charge in [0.1, 0.15) is 0 Å². The molecule has 0 aromatic carbocycles. The summed E-state index contributed by atoms with van der Waals surface area (Å²) in [6, 6.07) is -0.00824. The van der Waals surface area contributed by atoms with Crippen LogP contribution >= 0.6 is 0 Å². The standard InChI is InChI=1S/C9H14F2N2O/c10-7(11)8(14)13-6-5-9(6)1-3-12-4-2-9/h6-7,12H,1-5H2,(H,13,14). The van der Waals surface area contributed by atoms with Crippen LogP contribution < -0.4 is 10.6 Å². The third-order valence-electron chi connectivity index (χ3n) is 3.30. The Balaban J connectivity index is 1.83. The molecular formula is C9H14F2N2O. The number of halogens is 2. The molecule has 0 aromatic rings. The van der Waals surface area contributed by atoms with E-state index in [-0.39, 0.29) is 11.5 Å². The van der Waals surface area contributed by atoms with Crippen LogP contribution in [0.3, 0.4) is 0 Å². The molecule has 0 radical (unpaired) electrons. The molecule has 1 aliphatic heterocycles. The molecule has 0 aromatic heterocycles. The number of rotatable bonds is 2. The van der Waals surface area contributed by atoms with Gasteiger partial charge in [0.05, 0.1) is 0 Å². The molecule has 1 atom stereocenters. The van der Waals surface area contributed by atoms with Gasteiger partial charge >= 0.3 is 6.43 Å². The number of carbonyl (C=O) groups is 1. The lowest BCUT2D eigenvalue weighted by molar-refractivity contribution is -0.132. The van der Waals surface area contributed by atoms with E-state index in [9.17, 15) is 13.6 Å². The Bertz CT molecular complexity index is 239. The first-order valence-electron chi connectivity index (χ1n) is 4.93. The van der Waals surface area contributed by atoms with Crippen LogP contribution in [0.25, 0.3) is 0 Å². The highest BCUT2D eigenvalue weighted by atomic mass is 19.3. The fourth-order valence-corrected chi connectivity index (χ4v) is 2.26. The zero-order chi connectivity index (χ0) is 10.2. The summed E-state index contributed by atoms with van der Waals surface area (Å²) in [6.45, 7) is 1.86. The molecule has 14 heavy (non-hydrogen) atoms. The van der Waals surface area contributed by atoms with Gasteiger partial charge in [-0.2, -0.15) is 8.78 Å². The third-order valence-corrected chi connectivity index (χ3v) is 3.30. The average Bonchev–Trinajstić information content (AvgIpc) is 2.79. The molecule has 80 valence electrons. The van der Waals surface area contributed by atoms with E-state index in [0.717, 1.165) is 32.4 Å². The highest BCUT2D eigenvalue weighted by Gasteiger charge is 2.54. The number of hydrogen-bond acceptors (Lipinski definition) is 2. The van der Waals surface area contributed by atoms with E-state index in [1.807, 2.05) is 0 Å². The van der Waals surface area contributed by atoms with Crippen LogP contribution in [-0.2, 0) is 4.79 Å². The Labute approximate surface area is 81.2 Å². The number of piperidine rings is 1. The van der Waals surface area contributed by atoms with Gasteiger partial charge in [-0.3, -0.25) is 4.79 Å². The molecule has 2 aliphatic rings. The van der Waals surface area contributed by atoms with E-state index in [1.54, 1.807) is 0 Å². The van der Waals surface area contributed by atoms with Gasteiger partial charge in [0.15, 0.2) is 0 Å². The summed E-state index contributed by atoms with van der Waals surface area (Å²) in [7, 11) is 0. The summed E-state index contributed by atoms with van der Waals surface area (Å²) in [5.74, 6) is -1.12. The van der Waals surface area contributed by atoms with Gasteiger partial charge in [-0.05, 0) is 37.8 Å². The van der Waals surface area contributed by atoms with Gasteiger partial charge in [0, 0.05) is 6.04 Å². The zero-order valence-corrected chi connectivity index (χ0v) is 7.85. The average molecular weight is 204 g/mol. The SMILES string of the molecule is O=C(NC1CC12CCNCC2)C(F)F. The molecule has 2 rings (SSSR count). The van der Waals surface area contributed by atoms with Gasteiger partial charge < -0.3 is 10.6 Å². The van der Waals surface area contributed by atoms with Crippen molar-refractivity contribution in [2.24, 2.45) is 5.41 Å². The number of carbonyl (C=O) groups excluding carboxylic acids is 1. The summed E-state index contributed by atoms with van der Waals surface area (Å²) in [6.07, 6.45) is -0.0374. The number of alkyl halides is 2. The minimum Gasteiger partial charge on any atom is -0.348 e. The van der Waals surface area contributed by atoms with E-state index in [1.165, 1.54) is 0 Å². The quantitative estimate of drug-likeness (QED) is 0.688. The number of nitrogens with one attached hydrogen (secondary N) is 2. The molecule has 0 bridgehead atoms. The Kier molecular flexibility index (Phi) is 2.43. The molecule has 1 spiro atoms. The molecule has 1 aliphatic carbocycles. The molecule has 2 fully saturated rings. The van der Waals surface area contributed by atoms with Gasteiger partial charge in [-0.25, -0.2) is 0 Å². The minimum absolute atomic E-state index is 0.00824. The molecule has 1 heterocycles. The van der Waals surface area contributed by atoms with Crippen LogP contribution in [0, 0.1) is 5.41 Å². The maximum absolute atomic E-state index is 11.9. The van der Waals surface area contributed by atoms with Crippen molar-refractivity contribution in [1.29, 1.82) is 0 Å². The summed E-state index contributed by atoms with van der Waals surface area (Å²) < 4.78 is 23.9. The second kappa shape index (κ2) is 3.46. The van der Waals surface area contributed by atoms with Crippen molar-refractivity contribution >= 4 is 5.91 Å². The summed E-state index contributed by atoms with van der Waals surface area (Å²) >= 11 is 0. The van der Waals surface area contributed by atoms with Crippen LogP contribution in [0.4, 0.5) is 8.78 Å². The van der Waals surface area contributed by atoms with Gasteiger partial charge in [0.25, 0.3) is 5.91 Å². The van der Waals surface area contributed by atoms with Crippen molar-refractivity contribution in [3.05, 3.63) is 0 Å². The molecule has 5 heteroatoms. The first kappa shape index (κ1) is 9.83. The van der Waals surface area contributed by atoms with Crippen molar-refractivity contribution < 1.29 is 13.6 Å². The number of amides is 1. The molecule has 3 nitrogen and oxygen atoms in total. The second-order valence-electron chi connectivity index (χ2n) is 4.18. The molecule has 2 N–H and O–H groups in total. The Morgan fingerprint density at radius 1 is 1.43 bits per heavy atom. The summed E-state index contributed by atoms with van der Waals surface area (Å²) in [5.41, 5.74) is 0.135. The van der Waals surface area contributed by atoms with Crippen LogP contribution in [0.5, 0.6) is 0 Å². The Morgan fingerprint density at radius 2 is 2.07 bits per heavy atom. The van der Waals surface area contributed by atoms with Crippen LogP contribution in [0.2, 0.25) is 0 Å². The Hall–Kier alpha value is -0.710. The van der Waals surface area contributed by atoms with Crippen molar-refractivity contribution in [3.8, 4) is 0 Å². The fourth-order valence-electron chi connectivity index (χ4n) is 2.26. The normalized spacial score (nSPS) is 29.2. The first-order chi connectivity index (χ1) is 6.64. The van der Waals surface area contributed by atoms with Gasteiger partial charge in [0.2, 0.25) is 0 Å². The molecule has 1 amide bonds. The van der Waals surface area contributed by atoms with Crippen molar-refractivity contribution in [3.63, 3.8) is 0 Å². The maximum Gasteiger partial charge on any atom is 0.315 e. The van der Waals surface area contributed by atoms with E-state index in [2.05, 4.69) is 10.6 Å². The van der Waals surface area contributed by atoms with Crippen LogP contribution in [-0.4, -0.2) is 31.5 Å². The zero-order valence-electron chi connectivity index (χ0n) is 7.85. The predicted molar refractivity (Wildman–Crippen MR) is 47.1 cm³/mol. The topological polar surface area (TPSA) is 41.1 Å². The first-order valence-corrected chi connectivity index (χ1v) is 4.93. The molecule has 1 saturated carbocycles. The predicted octanol–water partition coefficient (Wildman–Crippen LogP) is 0.510. The largest absolute Gasteiger partial charge is 0.348 e. The lowest BCUT2D eigenvalue weighted by Gasteiger charge is -2.23. The van der Waals surface area contributed by atoms with Crippen molar-refractivity contribution in [1.82, 2.24) is 10.6 Å². The highest BCUT2D eigenvalue weighted by molar-refractivity contribution is 5.79. The van der Waals surface area contributed by atoms with Crippen molar-refractivity contribution in [2.45, 2.75) is 31.7 Å². The second-order valence-corrected chi connectivity index (χ2v) is 4.18. The fraction of sp³-hybridized carbons (Fsp3) is 0.889. The van der Waals surface area contributed by atoms with E-state index < -0.39 is 12.3 Å². The monoisotopic (exact) mass is 204 g/mol. The number of hydrogen-bond donors (Lipinski definition) is 2. The van der Waals surface area contributed by atoms with Gasteiger partial charge in [-0.15, -0.1) is 0 Å². The highest BCUT2D eigenvalue weighted by Crippen LogP contribution is 2.52. The summed E-state index contributed by atoms with van der Waals surface area (Å²) in [4.78, 5) is 10.7. The maximum atomic E-state index is 11.9. The van der Waals surface area contributed by atoms with Crippen LogP contribution in [0.1, 0.15) is 19.3 Å². The van der Waals surface area contributed by atoms with Crippen molar-refractivity contribution in [2.75, 3.05) is 13.1 Å². The minimum atomic E-state index is -2.88. The van der Waals surface area contributed by atoms with E-state index in [0.29, 0.717) is 0 Å². The molecule has 1 saturated heterocycles. The lowest BCUT2D eigenvalue weighted by Crippen LogP contribution is -2.38. The van der Waals surface area contributed by atoms with E-state index >= 15 is 0 Å². The molecular weight excluding hydrogens is 190 g/mol. The lowest BCUT2D eigenvalue weighted by atomic mass is 9.94. The van der Waals surface area contributed by atoms with Gasteiger partial charge in [-0.1, -0.05) is 0 Å². The summed E-state index contributed by atoms with van der Waals surface area (Å²) in [5, 5.41) is 5.61.